The maximum absolute atomic E-state index is 13.2. The van der Waals surface area contributed by atoms with Gasteiger partial charge in [0.15, 0.2) is 11.5 Å². The van der Waals surface area contributed by atoms with Crippen LogP contribution in [-0.4, -0.2) is 30.7 Å². The number of para-hydroxylation sites is 2. The molecule has 1 N–H and O–H groups in total. The topological polar surface area (TPSA) is 76.1 Å². The van der Waals surface area contributed by atoms with E-state index in [4.69, 9.17) is 9.47 Å². The van der Waals surface area contributed by atoms with Crippen molar-refractivity contribution in [3.05, 3.63) is 70.9 Å². The second-order valence-electron chi connectivity index (χ2n) is 6.11. The molecule has 1 heterocycles. The first-order valence-electron chi connectivity index (χ1n) is 8.85. The van der Waals surface area contributed by atoms with Crippen molar-refractivity contribution in [2.45, 2.75) is 13.8 Å². The fraction of sp³-hybridized carbons (Fsp3) is 0.182. The molecule has 0 aliphatic carbocycles. The standard InChI is InChI=1S/C22H21NO5/c1-4-28-18-12-8-9-15(20(18)24)13-17-19(22(26)27-3)14(2)23(21(17)25)16-10-6-5-7-11-16/h5-13,24H,4H2,1-3H3/b17-13-. The summed E-state index contributed by atoms with van der Waals surface area (Å²) in [6.45, 7) is 3.89. The Morgan fingerprint density at radius 3 is 2.50 bits per heavy atom. The van der Waals surface area contributed by atoms with E-state index in [-0.39, 0.29) is 22.8 Å². The molecule has 0 atom stereocenters. The molecule has 0 aromatic heterocycles. The Balaban J connectivity index is 2.14. The summed E-state index contributed by atoms with van der Waals surface area (Å²) < 4.78 is 10.3. The zero-order valence-corrected chi connectivity index (χ0v) is 15.9. The number of ether oxygens (including phenoxy) is 2. The first-order valence-corrected chi connectivity index (χ1v) is 8.85. The molecule has 6 heteroatoms. The van der Waals surface area contributed by atoms with E-state index in [1.165, 1.54) is 18.1 Å². The van der Waals surface area contributed by atoms with Crippen molar-refractivity contribution in [2.75, 3.05) is 18.6 Å². The number of nitrogens with zero attached hydrogens (tertiary/aromatic N) is 1. The minimum absolute atomic E-state index is 0.0929. The van der Waals surface area contributed by atoms with Crippen LogP contribution in [0.3, 0.4) is 0 Å². The third-order valence-electron chi connectivity index (χ3n) is 4.43. The summed E-state index contributed by atoms with van der Waals surface area (Å²) in [5, 5.41) is 10.5. The molecule has 0 radical (unpaired) electrons. The predicted octanol–water partition coefficient (Wildman–Crippen LogP) is 3.67. The van der Waals surface area contributed by atoms with Crippen LogP contribution in [0.5, 0.6) is 11.5 Å². The second kappa shape index (κ2) is 8.00. The molecule has 28 heavy (non-hydrogen) atoms. The monoisotopic (exact) mass is 379 g/mol. The quantitative estimate of drug-likeness (QED) is 0.634. The lowest BCUT2D eigenvalue weighted by atomic mass is 10.0. The lowest BCUT2D eigenvalue weighted by Gasteiger charge is -2.17. The minimum Gasteiger partial charge on any atom is -0.504 e. The number of methoxy groups -OCH3 is 1. The summed E-state index contributed by atoms with van der Waals surface area (Å²) in [6.07, 6.45) is 1.48. The molecule has 0 spiro atoms. The van der Waals surface area contributed by atoms with Crippen LogP contribution in [0, 0.1) is 0 Å². The molecule has 0 unspecified atom stereocenters. The fourth-order valence-corrected chi connectivity index (χ4v) is 3.15. The highest BCUT2D eigenvalue weighted by molar-refractivity contribution is 6.23. The number of hydrogen-bond donors (Lipinski definition) is 1. The summed E-state index contributed by atoms with van der Waals surface area (Å²) in [6, 6.07) is 14.0. The smallest absolute Gasteiger partial charge is 0.340 e. The number of aromatic hydroxyl groups is 1. The van der Waals surface area contributed by atoms with Crippen LogP contribution in [0.4, 0.5) is 5.69 Å². The Bertz CT molecular complexity index is 976. The Labute approximate surface area is 163 Å². The molecule has 0 fully saturated rings. The number of anilines is 1. The van der Waals surface area contributed by atoms with Gasteiger partial charge in [-0.1, -0.05) is 30.3 Å². The van der Waals surface area contributed by atoms with E-state index < -0.39 is 5.97 Å². The molecule has 3 rings (SSSR count). The molecule has 0 saturated heterocycles. The molecule has 0 saturated carbocycles. The zero-order valence-electron chi connectivity index (χ0n) is 15.9. The molecule has 6 nitrogen and oxygen atoms in total. The van der Waals surface area contributed by atoms with Crippen LogP contribution in [0.25, 0.3) is 6.08 Å². The Hall–Kier alpha value is -3.54. The van der Waals surface area contributed by atoms with Crippen molar-refractivity contribution < 1.29 is 24.2 Å². The normalized spacial score (nSPS) is 15.3. The van der Waals surface area contributed by atoms with Crippen molar-refractivity contribution >= 4 is 23.6 Å². The van der Waals surface area contributed by atoms with E-state index >= 15 is 0 Å². The lowest BCUT2D eigenvalue weighted by Crippen LogP contribution is -2.24. The molecule has 1 aliphatic heterocycles. The molecule has 0 bridgehead atoms. The number of hydrogen-bond acceptors (Lipinski definition) is 5. The van der Waals surface area contributed by atoms with E-state index in [1.807, 2.05) is 25.1 Å². The summed E-state index contributed by atoms with van der Waals surface area (Å²) in [4.78, 5) is 27.0. The molecule has 2 aromatic rings. The summed E-state index contributed by atoms with van der Waals surface area (Å²) in [5.74, 6) is -0.770. The van der Waals surface area contributed by atoms with Crippen molar-refractivity contribution in [1.82, 2.24) is 0 Å². The number of amides is 1. The van der Waals surface area contributed by atoms with Crippen LogP contribution in [0.15, 0.2) is 65.4 Å². The average Bonchev–Trinajstić information content (AvgIpc) is 2.95. The van der Waals surface area contributed by atoms with Crippen LogP contribution in [0.1, 0.15) is 19.4 Å². The van der Waals surface area contributed by atoms with Gasteiger partial charge in [0.2, 0.25) is 0 Å². The number of rotatable bonds is 5. The van der Waals surface area contributed by atoms with Crippen molar-refractivity contribution in [3.63, 3.8) is 0 Å². The summed E-state index contributed by atoms with van der Waals surface area (Å²) in [7, 11) is 1.27. The number of benzene rings is 2. The summed E-state index contributed by atoms with van der Waals surface area (Å²) >= 11 is 0. The largest absolute Gasteiger partial charge is 0.504 e. The Morgan fingerprint density at radius 1 is 1.14 bits per heavy atom. The van der Waals surface area contributed by atoms with Gasteiger partial charge in [0.05, 0.1) is 24.9 Å². The van der Waals surface area contributed by atoms with Crippen LogP contribution < -0.4 is 9.64 Å². The van der Waals surface area contributed by atoms with Gasteiger partial charge in [-0.05, 0) is 38.1 Å². The molecule has 144 valence electrons. The van der Waals surface area contributed by atoms with Crippen molar-refractivity contribution in [1.29, 1.82) is 0 Å². The predicted molar refractivity (Wildman–Crippen MR) is 106 cm³/mol. The highest BCUT2D eigenvalue weighted by Crippen LogP contribution is 2.38. The maximum atomic E-state index is 13.2. The first-order chi connectivity index (χ1) is 13.5. The number of carbonyl (C=O) groups excluding carboxylic acids is 2. The van der Waals surface area contributed by atoms with E-state index in [1.54, 1.807) is 37.3 Å². The average molecular weight is 379 g/mol. The lowest BCUT2D eigenvalue weighted by molar-refractivity contribution is -0.136. The fourth-order valence-electron chi connectivity index (χ4n) is 3.15. The van der Waals surface area contributed by atoms with Gasteiger partial charge in [-0.2, -0.15) is 0 Å². The third-order valence-corrected chi connectivity index (χ3v) is 4.43. The van der Waals surface area contributed by atoms with Gasteiger partial charge in [-0.15, -0.1) is 0 Å². The van der Waals surface area contributed by atoms with E-state index in [2.05, 4.69) is 0 Å². The van der Waals surface area contributed by atoms with E-state index in [0.29, 0.717) is 29.3 Å². The van der Waals surface area contributed by atoms with Crippen molar-refractivity contribution in [2.24, 2.45) is 0 Å². The van der Waals surface area contributed by atoms with Gasteiger partial charge in [0.25, 0.3) is 5.91 Å². The number of phenols is 1. The van der Waals surface area contributed by atoms with Gasteiger partial charge in [0.1, 0.15) is 0 Å². The Morgan fingerprint density at radius 2 is 1.86 bits per heavy atom. The molecular weight excluding hydrogens is 358 g/mol. The van der Waals surface area contributed by atoms with Crippen molar-refractivity contribution in [3.8, 4) is 11.5 Å². The van der Waals surface area contributed by atoms with Gasteiger partial charge >= 0.3 is 5.97 Å². The minimum atomic E-state index is -0.615. The number of carbonyl (C=O) groups is 2. The van der Waals surface area contributed by atoms with Gasteiger partial charge < -0.3 is 14.6 Å². The Kier molecular flexibility index (Phi) is 5.49. The van der Waals surface area contributed by atoms with Crippen LogP contribution in [0.2, 0.25) is 0 Å². The van der Waals surface area contributed by atoms with Gasteiger partial charge in [-0.3, -0.25) is 9.69 Å². The molecule has 1 aliphatic rings. The van der Waals surface area contributed by atoms with E-state index in [0.717, 1.165) is 0 Å². The highest BCUT2D eigenvalue weighted by Gasteiger charge is 2.38. The maximum Gasteiger partial charge on any atom is 0.340 e. The molecular formula is C22H21NO5. The second-order valence-corrected chi connectivity index (χ2v) is 6.11. The number of esters is 1. The first kappa shape index (κ1) is 19.2. The van der Waals surface area contributed by atoms with Gasteiger partial charge in [0, 0.05) is 16.9 Å². The SMILES string of the molecule is CCOc1cccc(/C=C2\C(=O)N(c3ccccc3)C(C)=C2C(=O)OC)c1O. The molecule has 1 amide bonds. The van der Waals surface area contributed by atoms with E-state index in [9.17, 15) is 14.7 Å². The van der Waals surface area contributed by atoms with Crippen LogP contribution >= 0.6 is 0 Å². The highest BCUT2D eigenvalue weighted by atomic mass is 16.5. The molecule has 2 aromatic carbocycles. The number of allylic oxidation sites excluding steroid dienone is 1. The zero-order chi connectivity index (χ0) is 20.3. The number of phenolic OH excluding ortho intramolecular Hbond substituents is 1. The summed E-state index contributed by atoms with van der Waals surface area (Å²) in [5.41, 5.74) is 1.80. The van der Waals surface area contributed by atoms with Crippen LogP contribution in [-0.2, 0) is 14.3 Å². The third kappa shape index (κ3) is 3.36. The van der Waals surface area contributed by atoms with Gasteiger partial charge in [-0.25, -0.2) is 4.79 Å².